The normalized spacial score (nSPS) is 9.69. The molecule has 0 aromatic heterocycles. The Bertz CT molecular complexity index is 385. The Hall–Kier alpha value is -1.48. The topological polar surface area (TPSA) is 32.3 Å². The summed E-state index contributed by atoms with van der Waals surface area (Å²) >= 11 is 5.56. The molecule has 4 heteroatoms. The van der Waals surface area contributed by atoms with Crippen molar-refractivity contribution in [2.45, 2.75) is 0 Å². The predicted octanol–water partition coefficient (Wildman–Crippen LogP) is 2.23. The number of benzene rings is 1. The van der Waals surface area contributed by atoms with Crippen molar-refractivity contribution in [2.75, 3.05) is 25.5 Å². The van der Waals surface area contributed by atoms with Gasteiger partial charge in [-0.3, -0.25) is 4.79 Å². The van der Waals surface area contributed by atoms with E-state index in [0.717, 1.165) is 5.69 Å². The van der Waals surface area contributed by atoms with E-state index in [-0.39, 0.29) is 12.5 Å². The lowest BCUT2D eigenvalue weighted by molar-refractivity contribution is 0.0957. The fraction of sp³-hybridized carbons (Fsp3) is 0.250. The van der Waals surface area contributed by atoms with Crippen molar-refractivity contribution in [2.24, 2.45) is 0 Å². The molecule has 0 saturated carbocycles. The lowest BCUT2D eigenvalue weighted by Gasteiger charge is -2.12. The van der Waals surface area contributed by atoms with Gasteiger partial charge in [-0.15, -0.1) is 0 Å². The first kappa shape index (κ1) is 12.6. The zero-order valence-corrected chi connectivity index (χ0v) is 10.2. The van der Waals surface area contributed by atoms with E-state index >= 15 is 0 Å². The molecule has 1 aromatic rings. The maximum atomic E-state index is 11.6. The van der Waals surface area contributed by atoms with Crippen molar-refractivity contribution in [1.82, 2.24) is 5.32 Å². The number of nitrogens with one attached hydrogen (secondary N) is 1. The molecular weight excluding hydrogens is 224 g/mol. The number of halogens is 1. The Morgan fingerprint density at radius 3 is 2.38 bits per heavy atom. The highest BCUT2D eigenvalue weighted by Crippen LogP contribution is 2.12. The van der Waals surface area contributed by atoms with Crippen LogP contribution in [0.1, 0.15) is 10.4 Å². The molecular formula is C12H15ClN2O. The van der Waals surface area contributed by atoms with Crippen LogP contribution in [0, 0.1) is 0 Å². The molecule has 0 spiro atoms. The van der Waals surface area contributed by atoms with E-state index in [1.54, 1.807) is 12.1 Å². The number of carbonyl (C=O) groups is 1. The van der Waals surface area contributed by atoms with Gasteiger partial charge in [0.05, 0.1) is 6.54 Å². The van der Waals surface area contributed by atoms with E-state index in [9.17, 15) is 4.79 Å². The Labute approximate surface area is 101 Å². The van der Waals surface area contributed by atoms with Crippen LogP contribution in [0.5, 0.6) is 0 Å². The first-order chi connectivity index (χ1) is 7.50. The fourth-order valence-corrected chi connectivity index (χ4v) is 1.26. The van der Waals surface area contributed by atoms with Gasteiger partial charge >= 0.3 is 0 Å². The van der Waals surface area contributed by atoms with E-state index in [4.69, 9.17) is 11.6 Å². The quantitative estimate of drug-likeness (QED) is 0.873. The van der Waals surface area contributed by atoms with Crippen LogP contribution < -0.4 is 10.2 Å². The van der Waals surface area contributed by atoms with Gasteiger partial charge in [-0.05, 0) is 24.3 Å². The van der Waals surface area contributed by atoms with Crippen molar-refractivity contribution < 1.29 is 4.79 Å². The number of rotatable bonds is 4. The minimum Gasteiger partial charge on any atom is -0.378 e. The Kier molecular flexibility index (Phi) is 4.38. The van der Waals surface area contributed by atoms with Gasteiger partial charge in [0.1, 0.15) is 0 Å². The van der Waals surface area contributed by atoms with Crippen molar-refractivity contribution in [3.8, 4) is 0 Å². The summed E-state index contributed by atoms with van der Waals surface area (Å²) in [6.45, 7) is 3.79. The zero-order chi connectivity index (χ0) is 12.1. The average molecular weight is 239 g/mol. The third-order valence-electron chi connectivity index (χ3n) is 2.09. The summed E-state index contributed by atoms with van der Waals surface area (Å²) < 4.78 is 0. The van der Waals surface area contributed by atoms with Gasteiger partial charge in [0.15, 0.2) is 0 Å². The molecule has 0 saturated heterocycles. The molecule has 3 nitrogen and oxygen atoms in total. The van der Waals surface area contributed by atoms with Crippen LogP contribution in [0.4, 0.5) is 5.69 Å². The summed E-state index contributed by atoms with van der Waals surface area (Å²) in [7, 11) is 3.90. The van der Waals surface area contributed by atoms with Gasteiger partial charge < -0.3 is 10.2 Å². The number of amides is 1. The molecule has 0 unspecified atom stereocenters. The van der Waals surface area contributed by atoms with Crippen molar-refractivity contribution >= 4 is 23.2 Å². The highest BCUT2D eigenvalue weighted by molar-refractivity contribution is 6.29. The second kappa shape index (κ2) is 5.56. The maximum absolute atomic E-state index is 11.6. The number of hydrogen-bond acceptors (Lipinski definition) is 2. The monoisotopic (exact) mass is 238 g/mol. The molecule has 0 fully saturated rings. The van der Waals surface area contributed by atoms with Crippen molar-refractivity contribution in [3.05, 3.63) is 41.4 Å². The fourth-order valence-electron chi connectivity index (χ4n) is 1.19. The van der Waals surface area contributed by atoms with E-state index in [1.807, 2.05) is 31.1 Å². The zero-order valence-electron chi connectivity index (χ0n) is 9.46. The van der Waals surface area contributed by atoms with Crippen LogP contribution in [0.25, 0.3) is 0 Å². The van der Waals surface area contributed by atoms with Crippen LogP contribution in [-0.2, 0) is 0 Å². The molecule has 0 aliphatic carbocycles. The largest absolute Gasteiger partial charge is 0.378 e. The van der Waals surface area contributed by atoms with Crippen molar-refractivity contribution in [3.63, 3.8) is 0 Å². The maximum Gasteiger partial charge on any atom is 0.251 e. The summed E-state index contributed by atoms with van der Waals surface area (Å²) in [6, 6.07) is 7.35. The second-order valence-electron chi connectivity index (χ2n) is 3.64. The lowest BCUT2D eigenvalue weighted by Crippen LogP contribution is -2.24. The van der Waals surface area contributed by atoms with Gasteiger partial charge in [-0.1, -0.05) is 18.2 Å². The number of carbonyl (C=O) groups excluding carboxylic acids is 1. The van der Waals surface area contributed by atoms with Gasteiger partial charge in [-0.2, -0.15) is 0 Å². The van der Waals surface area contributed by atoms with E-state index in [1.165, 1.54) is 0 Å². The molecule has 0 aliphatic rings. The molecule has 86 valence electrons. The molecule has 1 N–H and O–H groups in total. The first-order valence-corrected chi connectivity index (χ1v) is 5.27. The van der Waals surface area contributed by atoms with Crippen LogP contribution in [0.3, 0.4) is 0 Å². The number of anilines is 1. The van der Waals surface area contributed by atoms with Gasteiger partial charge in [0.2, 0.25) is 0 Å². The Morgan fingerprint density at radius 1 is 1.38 bits per heavy atom. The van der Waals surface area contributed by atoms with E-state index in [2.05, 4.69) is 11.9 Å². The lowest BCUT2D eigenvalue weighted by atomic mass is 10.2. The molecule has 0 heterocycles. The van der Waals surface area contributed by atoms with E-state index in [0.29, 0.717) is 10.6 Å². The summed E-state index contributed by atoms with van der Waals surface area (Å²) in [6.07, 6.45) is 0. The first-order valence-electron chi connectivity index (χ1n) is 4.89. The van der Waals surface area contributed by atoms with Crippen LogP contribution in [0.15, 0.2) is 35.9 Å². The molecule has 0 aliphatic heterocycles. The summed E-state index contributed by atoms with van der Waals surface area (Å²) in [4.78, 5) is 13.6. The highest BCUT2D eigenvalue weighted by atomic mass is 35.5. The molecule has 0 atom stereocenters. The van der Waals surface area contributed by atoms with Gasteiger partial charge in [0, 0.05) is 30.4 Å². The van der Waals surface area contributed by atoms with Crippen molar-refractivity contribution in [1.29, 1.82) is 0 Å². The minimum absolute atomic E-state index is 0.146. The van der Waals surface area contributed by atoms with E-state index < -0.39 is 0 Å². The smallest absolute Gasteiger partial charge is 0.251 e. The van der Waals surface area contributed by atoms with Crippen LogP contribution >= 0.6 is 11.6 Å². The SMILES string of the molecule is C=C(Cl)CNC(=O)c1ccc(N(C)C)cc1. The van der Waals surface area contributed by atoms with Crippen LogP contribution in [-0.4, -0.2) is 26.5 Å². The third-order valence-corrected chi connectivity index (χ3v) is 2.22. The Morgan fingerprint density at radius 2 is 1.94 bits per heavy atom. The number of nitrogens with zero attached hydrogens (tertiary/aromatic N) is 1. The average Bonchev–Trinajstić information content (AvgIpc) is 2.26. The molecule has 0 radical (unpaired) electrons. The summed E-state index contributed by atoms with van der Waals surface area (Å²) in [5.74, 6) is -0.146. The van der Waals surface area contributed by atoms with Gasteiger partial charge in [0.25, 0.3) is 5.91 Å². The molecule has 1 rings (SSSR count). The molecule has 1 amide bonds. The molecule has 1 aromatic carbocycles. The number of hydrogen-bond donors (Lipinski definition) is 1. The predicted molar refractivity (Wildman–Crippen MR) is 68.1 cm³/mol. The second-order valence-corrected chi connectivity index (χ2v) is 4.18. The summed E-state index contributed by atoms with van der Waals surface area (Å²) in [5.41, 5.74) is 1.67. The minimum atomic E-state index is -0.146. The van der Waals surface area contributed by atoms with Crippen LogP contribution in [0.2, 0.25) is 0 Å². The molecule has 0 bridgehead atoms. The standard InChI is InChI=1S/C12H15ClN2O/c1-9(13)8-14-12(16)10-4-6-11(7-5-10)15(2)3/h4-7H,1,8H2,2-3H3,(H,14,16). The summed E-state index contributed by atoms with van der Waals surface area (Å²) in [5, 5.41) is 3.08. The third kappa shape index (κ3) is 3.59. The highest BCUT2D eigenvalue weighted by Gasteiger charge is 2.05. The Balaban J connectivity index is 2.66. The molecule has 16 heavy (non-hydrogen) atoms. The van der Waals surface area contributed by atoms with Gasteiger partial charge in [-0.25, -0.2) is 0 Å².